The summed E-state index contributed by atoms with van der Waals surface area (Å²) in [5.74, 6) is 0.343. The Kier molecular flexibility index (Phi) is 5.40. The highest BCUT2D eigenvalue weighted by molar-refractivity contribution is 5.76. The molecule has 0 aliphatic heterocycles. The zero-order chi connectivity index (χ0) is 12.9. The van der Waals surface area contributed by atoms with E-state index in [9.17, 15) is 4.79 Å². The van der Waals surface area contributed by atoms with Crippen LogP contribution in [-0.4, -0.2) is 39.4 Å². The van der Waals surface area contributed by atoms with Crippen LogP contribution in [0.2, 0.25) is 0 Å². The normalized spacial score (nSPS) is 17.9. The standard InChI is InChI=1S/C13H25NO3/c1-13(2,7-8-16-3)9-14-11(10-5-6-10)12(15)17-4/h10-11,14H,5-9H2,1-4H3. The molecular weight excluding hydrogens is 218 g/mol. The van der Waals surface area contributed by atoms with E-state index in [-0.39, 0.29) is 17.4 Å². The Morgan fingerprint density at radius 2 is 2.06 bits per heavy atom. The fraction of sp³-hybridized carbons (Fsp3) is 0.923. The lowest BCUT2D eigenvalue weighted by Gasteiger charge is -2.27. The van der Waals surface area contributed by atoms with Crippen LogP contribution < -0.4 is 5.32 Å². The van der Waals surface area contributed by atoms with Gasteiger partial charge < -0.3 is 14.8 Å². The lowest BCUT2D eigenvalue weighted by atomic mass is 9.89. The number of methoxy groups -OCH3 is 2. The van der Waals surface area contributed by atoms with Crippen molar-refractivity contribution in [1.82, 2.24) is 5.32 Å². The van der Waals surface area contributed by atoms with Crippen LogP contribution in [0.5, 0.6) is 0 Å². The Labute approximate surface area is 104 Å². The van der Waals surface area contributed by atoms with Gasteiger partial charge in [-0.1, -0.05) is 13.8 Å². The molecule has 1 aliphatic carbocycles. The molecule has 0 aromatic carbocycles. The molecule has 17 heavy (non-hydrogen) atoms. The molecule has 100 valence electrons. The van der Waals surface area contributed by atoms with Crippen LogP contribution in [0.3, 0.4) is 0 Å². The molecule has 1 unspecified atom stereocenters. The Hall–Kier alpha value is -0.610. The number of rotatable bonds is 8. The minimum absolute atomic E-state index is 0.123. The number of nitrogens with one attached hydrogen (secondary N) is 1. The van der Waals surface area contributed by atoms with Crippen molar-refractivity contribution in [2.24, 2.45) is 11.3 Å². The van der Waals surface area contributed by atoms with Crippen LogP contribution in [0.1, 0.15) is 33.1 Å². The van der Waals surface area contributed by atoms with Crippen molar-refractivity contribution in [3.8, 4) is 0 Å². The van der Waals surface area contributed by atoms with Crippen molar-refractivity contribution in [2.75, 3.05) is 27.4 Å². The first-order valence-corrected chi connectivity index (χ1v) is 6.30. The van der Waals surface area contributed by atoms with Crippen LogP contribution in [0.15, 0.2) is 0 Å². The first-order valence-electron chi connectivity index (χ1n) is 6.30. The Morgan fingerprint density at radius 1 is 1.41 bits per heavy atom. The maximum Gasteiger partial charge on any atom is 0.323 e. The molecule has 1 saturated carbocycles. The lowest BCUT2D eigenvalue weighted by Crippen LogP contribution is -2.44. The van der Waals surface area contributed by atoms with Crippen molar-refractivity contribution < 1.29 is 14.3 Å². The van der Waals surface area contributed by atoms with E-state index in [1.807, 2.05) is 0 Å². The molecule has 0 aromatic rings. The van der Waals surface area contributed by atoms with Gasteiger partial charge in [-0.15, -0.1) is 0 Å². The number of carbonyl (C=O) groups excluding carboxylic acids is 1. The highest BCUT2D eigenvalue weighted by atomic mass is 16.5. The smallest absolute Gasteiger partial charge is 0.323 e. The van der Waals surface area contributed by atoms with Gasteiger partial charge in [0.1, 0.15) is 6.04 Å². The highest BCUT2D eigenvalue weighted by Crippen LogP contribution is 2.33. The zero-order valence-corrected chi connectivity index (χ0v) is 11.4. The van der Waals surface area contributed by atoms with E-state index >= 15 is 0 Å². The SMILES string of the molecule is COCCC(C)(C)CNC(C(=O)OC)C1CC1. The first kappa shape index (κ1) is 14.5. The third-order valence-electron chi connectivity index (χ3n) is 3.33. The lowest BCUT2D eigenvalue weighted by molar-refractivity contribution is -0.143. The predicted molar refractivity (Wildman–Crippen MR) is 66.8 cm³/mol. The number of esters is 1. The van der Waals surface area contributed by atoms with Gasteiger partial charge in [-0.25, -0.2) is 0 Å². The van der Waals surface area contributed by atoms with Crippen LogP contribution in [0, 0.1) is 11.3 Å². The number of hydrogen-bond donors (Lipinski definition) is 1. The van der Waals surface area contributed by atoms with Gasteiger partial charge in [0.2, 0.25) is 0 Å². The summed E-state index contributed by atoms with van der Waals surface area (Å²) in [6.45, 7) is 5.92. The monoisotopic (exact) mass is 243 g/mol. The molecule has 1 fully saturated rings. The fourth-order valence-electron chi connectivity index (χ4n) is 1.85. The van der Waals surface area contributed by atoms with Gasteiger partial charge >= 0.3 is 5.97 Å². The molecule has 4 heteroatoms. The Bertz CT molecular complexity index is 249. The molecule has 0 spiro atoms. The summed E-state index contributed by atoms with van der Waals surface area (Å²) in [6, 6.07) is -0.123. The van der Waals surface area contributed by atoms with Crippen molar-refractivity contribution in [2.45, 2.75) is 39.2 Å². The van der Waals surface area contributed by atoms with Gasteiger partial charge in [0.25, 0.3) is 0 Å². The molecule has 4 nitrogen and oxygen atoms in total. The molecule has 1 rings (SSSR count). The van der Waals surface area contributed by atoms with Gasteiger partial charge in [0.05, 0.1) is 7.11 Å². The molecule has 0 saturated heterocycles. The molecule has 0 bridgehead atoms. The van der Waals surface area contributed by atoms with E-state index in [0.717, 1.165) is 32.4 Å². The van der Waals surface area contributed by atoms with E-state index in [0.29, 0.717) is 5.92 Å². The molecular formula is C13H25NO3. The molecule has 0 aromatic heterocycles. The molecule has 1 aliphatic rings. The highest BCUT2D eigenvalue weighted by Gasteiger charge is 2.37. The molecule has 0 heterocycles. The number of hydrogen-bond acceptors (Lipinski definition) is 4. The summed E-state index contributed by atoms with van der Waals surface area (Å²) in [4.78, 5) is 11.6. The van der Waals surface area contributed by atoms with Crippen molar-refractivity contribution in [3.63, 3.8) is 0 Å². The van der Waals surface area contributed by atoms with E-state index in [1.165, 1.54) is 7.11 Å². The summed E-state index contributed by atoms with van der Waals surface area (Å²) >= 11 is 0. The fourth-order valence-corrected chi connectivity index (χ4v) is 1.85. The predicted octanol–water partition coefficient (Wildman–Crippen LogP) is 1.59. The quantitative estimate of drug-likeness (QED) is 0.658. The van der Waals surface area contributed by atoms with Gasteiger partial charge in [-0.2, -0.15) is 0 Å². The summed E-state index contributed by atoms with van der Waals surface area (Å²) in [6.07, 6.45) is 3.24. The average molecular weight is 243 g/mol. The molecule has 0 amide bonds. The number of ether oxygens (including phenoxy) is 2. The second kappa shape index (κ2) is 6.36. The first-order chi connectivity index (χ1) is 8.00. The van der Waals surface area contributed by atoms with Crippen LogP contribution in [0.4, 0.5) is 0 Å². The third-order valence-corrected chi connectivity index (χ3v) is 3.33. The molecule has 1 N–H and O–H groups in total. The second-order valence-electron chi connectivity index (χ2n) is 5.63. The zero-order valence-electron chi connectivity index (χ0n) is 11.4. The molecule has 0 radical (unpaired) electrons. The maximum atomic E-state index is 11.6. The summed E-state index contributed by atoms with van der Waals surface area (Å²) in [7, 11) is 3.17. The third kappa shape index (κ3) is 5.04. The van der Waals surface area contributed by atoms with Crippen molar-refractivity contribution >= 4 is 5.97 Å². The van der Waals surface area contributed by atoms with E-state index < -0.39 is 0 Å². The van der Waals surface area contributed by atoms with Crippen molar-refractivity contribution in [1.29, 1.82) is 0 Å². The second-order valence-corrected chi connectivity index (χ2v) is 5.63. The topological polar surface area (TPSA) is 47.6 Å². The summed E-state index contributed by atoms with van der Waals surface area (Å²) < 4.78 is 9.93. The Morgan fingerprint density at radius 3 is 2.53 bits per heavy atom. The molecule has 1 atom stereocenters. The van der Waals surface area contributed by atoms with Crippen LogP contribution in [-0.2, 0) is 14.3 Å². The minimum Gasteiger partial charge on any atom is -0.468 e. The van der Waals surface area contributed by atoms with E-state index in [4.69, 9.17) is 9.47 Å². The van der Waals surface area contributed by atoms with E-state index in [1.54, 1.807) is 7.11 Å². The Balaban J connectivity index is 2.37. The van der Waals surface area contributed by atoms with Crippen LogP contribution in [0.25, 0.3) is 0 Å². The average Bonchev–Trinajstić information content (AvgIpc) is 3.10. The van der Waals surface area contributed by atoms with Gasteiger partial charge in [-0.05, 0) is 30.6 Å². The largest absolute Gasteiger partial charge is 0.468 e. The summed E-state index contributed by atoms with van der Waals surface area (Å²) in [5.41, 5.74) is 0.136. The van der Waals surface area contributed by atoms with E-state index in [2.05, 4.69) is 19.2 Å². The number of carbonyl (C=O) groups is 1. The summed E-state index contributed by atoms with van der Waals surface area (Å²) in [5, 5.41) is 3.35. The maximum absolute atomic E-state index is 11.6. The van der Waals surface area contributed by atoms with Crippen molar-refractivity contribution in [3.05, 3.63) is 0 Å². The van der Waals surface area contributed by atoms with Gasteiger partial charge in [0, 0.05) is 20.3 Å². The van der Waals surface area contributed by atoms with Gasteiger partial charge in [0.15, 0.2) is 0 Å². The van der Waals surface area contributed by atoms with Gasteiger partial charge in [-0.3, -0.25) is 4.79 Å². The minimum atomic E-state index is -0.130. The van der Waals surface area contributed by atoms with Crippen LogP contribution >= 0.6 is 0 Å².